The summed E-state index contributed by atoms with van der Waals surface area (Å²) in [6, 6.07) is 8.96. The molecule has 1 aromatic carbocycles. The lowest BCUT2D eigenvalue weighted by molar-refractivity contribution is -0.340. The largest absolute Gasteiger partial charge is 0.462 e. The lowest BCUT2D eigenvalue weighted by Gasteiger charge is -2.51. The molecule has 1 spiro atoms. The third-order valence-electron chi connectivity index (χ3n) is 12.3. The summed E-state index contributed by atoms with van der Waals surface area (Å²) in [6.07, 6.45) is 8.69. The average Bonchev–Trinajstić information content (AvgIpc) is 3.50. The van der Waals surface area contributed by atoms with Gasteiger partial charge in [-0.25, -0.2) is 0 Å². The minimum atomic E-state index is -1.91. The van der Waals surface area contributed by atoms with E-state index in [-0.39, 0.29) is 43.5 Å². The van der Waals surface area contributed by atoms with Crippen molar-refractivity contribution in [3.8, 4) is 0 Å². The highest BCUT2D eigenvalue weighted by molar-refractivity contribution is 5.92. The fourth-order valence-corrected chi connectivity index (χ4v) is 8.85. The molecule has 4 heterocycles. The Bertz CT molecular complexity index is 1680. The molecule has 300 valence electrons. The maximum atomic E-state index is 14.5. The zero-order valence-corrected chi connectivity index (χ0v) is 33.1. The Morgan fingerprint density at radius 3 is 2.58 bits per heavy atom. The number of hydrogen-bond donors (Lipinski definition) is 3. The zero-order chi connectivity index (χ0) is 39.5. The second-order valence-electron chi connectivity index (χ2n) is 16.5. The number of anilines is 1. The maximum absolute atomic E-state index is 14.5. The average molecular weight is 762 g/mol. The van der Waals surface area contributed by atoms with Crippen LogP contribution >= 0.6 is 0 Å². The molecule has 0 unspecified atom stereocenters. The highest BCUT2D eigenvalue weighted by atomic mass is 16.7. The van der Waals surface area contributed by atoms with Gasteiger partial charge in [-0.3, -0.25) is 14.4 Å². The highest BCUT2D eigenvalue weighted by Gasteiger charge is 2.61. The highest BCUT2D eigenvalue weighted by Crippen LogP contribution is 2.48. The van der Waals surface area contributed by atoms with E-state index in [0.29, 0.717) is 54.4 Å². The summed E-state index contributed by atoms with van der Waals surface area (Å²) < 4.78 is 32.1. The van der Waals surface area contributed by atoms with Crippen molar-refractivity contribution < 1.29 is 48.3 Å². The molecule has 6 rings (SSSR count). The van der Waals surface area contributed by atoms with Crippen molar-refractivity contribution in [1.82, 2.24) is 0 Å². The number of rotatable bonds is 7. The van der Waals surface area contributed by atoms with Crippen LogP contribution in [0, 0.1) is 23.7 Å². The van der Waals surface area contributed by atoms with Crippen molar-refractivity contribution >= 4 is 23.5 Å². The number of carbonyl (C=O) groups excluding carboxylic acids is 3. The molecule has 55 heavy (non-hydrogen) atoms. The number of aliphatic hydroxyl groups excluding tert-OH is 1. The Morgan fingerprint density at radius 1 is 1.07 bits per heavy atom. The molecule has 3 saturated heterocycles. The second kappa shape index (κ2) is 17.3. The van der Waals surface area contributed by atoms with Gasteiger partial charge in [0.2, 0.25) is 5.91 Å². The fraction of sp³-hybridized carbons (Fsp3) is 0.614. The van der Waals surface area contributed by atoms with Crippen LogP contribution in [0.1, 0.15) is 92.9 Å². The van der Waals surface area contributed by atoms with Crippen LogP contribution in [0.4, 0.5) is 5.69 Å². The van der Waals surface area contributed by atoms with E-state index in [2.05, 4.69) is 26.1 Å². The Morgan fingerprint density at radius 2 is 1.84 bits per heavy atom. The van der Waals surface area contributed by atoms with E-state index < -0.39 is 53.7 Å². The zero-order valence-electron chi connectivity index (χ0n) is 33.1. The van der Waals surface area contributed by atoms with Crippen LogP contribution in [0.2, 0.25) is 0 Å². The van der Waals surface area contributed by atoms with Gasteiger partial charge < -0.3 is 39.2 Å². The predicted molar refractivity (Wildman–Crippen MR) is 206 cm³/mol. The molecule has 1 amide bonds. The molecule has 3 fully saturated rings. The number of para-hydroxylation sites is 1. The standard InChI is InChI=1S/C44H59NO10/c1-7-26(2)39-29(5)20-21-43(55-39)24-34-23-33(54-43)17-16-28(4)38(48)27(3)12-11-13-31-25-51-41-40(30(6)22-35(42(49)52-34)44(31,41)50)53-37(47)19-18-36(46)45-32-14-9-8-10-15-32/h8-16,22,26-27,29,33-35,38-41,48,50H,7,17-21,23-25H2,1-6H3,(H,45,46)/b12-11+,28-16+,31-13+/t26-,27-,29-,33+,34-,35-,38-,39+,40+,41+,43+,44+/m0/s1. The van der Waals surface area contributed by atoms with E-state index in [1.54, 1.807) is 49.4 Å². The van der Waals surface area contributed by atoms with Gasteiger partial charge in [-0.15, -0.1) is 0 Å². The number of aliphatic hydroxyl groups is 2. The van der Waals surface area contributed by atoms with Gasteiger partial charge in [0, 0.05) is 37.3 Å². The minimum absolute atomic E-state index is 0.00920. The minimum Gasteiger partial charge on any atom is -0.462 e. The van der Waals surface area contributed by atoms with E-state index in [4.69, 9.17) is 23.7 Å². The second-order valence-corrected chi connectivity index (χ2v) is 16.5. The third-order valence-corrected chi connectivity index (χ3v) is 12.3. The number of fused-ring (bicyclic) bond motifs is 2. The van der Waals surface area contributed by atoms with Crippen LogP contribution in [0.15, 0.2) is 77.4 Å². The summed E-state index contributed by atoms with van der Waals surface area (Å²) in [5, 5.41) is 26.7. The van der Waals surface area contributed by atoms with Crippen LogP contribution in [0.5, 0.6) is 0 Å². The van der Waals surface area contributed by atoms with E-state index in [1.165, 1.54) is 0 Å². The molecule has 11 nitrogen and oxygen atoms in total. The molecule has 0 saturated carbocycles. The van der Waals surface area contributed by atoms with Gasteiger partial charge in [0.25, 0.3) is 0 Å². The predicted octanol–water partition coefficient (Wildman–Crippen LogP) is 6.50. The van der Waals surface area contributed by atoms with Crippen molar-refractivity contribution in [2.75, 3.05) is 11.9 Å². The smallest absolute Gasteiger partial charge is 0.316 e. The van der Waals surface area contributed by atoms with Gasteiger partial charge in [-0.2, -0.15) is 0 Å². The summed E-state index contributed by atoms with van der Waals surface area (Å²) in [6.45, 7) is 12.1. The van der Waals surface area contributed by atoms with E-state index >= 15 is 0 Å². The molecule has 2 bridgehead atoms. The van der Waals surface area contributed by atoms with Gasteiger partial charge in [0.1, 0.15) is 23.7 Å². The normalized spacial score (nSPS) is 39.6. The number of benzene rings is 1. The molecule has 3 N–H and O–H groups in total. The van der Waals surface area contributed by atoms with E-state index in [1.807, 2.05) is 32.1 Å². The fourth-order valence-electron chi connectivity index (χ4n) is 8.85. The van der Waals surface area contributed by atoms with Crippen LogP contribution < -0.4 is 5.32 Å². The van der Waals surface area contributed by atoms with Crippen molar-refractivity contribution in [3.63, 3.8) is 0 Å². The summed E-state index contributed by atoms with van der Waals surface area (Å²) in [4.78, 5) is 40.2. The van der Waals surface area contributed by atoms with Crippen LogP contribution in [-0.2, 0) is 38.1 Å². The Labute approximate surface area is 325 Å². The van der Waals surface area contributed by atoms with Crippen molar-refractivity contribution in [3.05, 3.63) is 77.4 Å². The topological polar surface area (TPSA) is 150 Å². The molecular weight excluding hydrogens is 702 g/mol. The summed E-state index contributed by atoms with van der Waals surface area (Å²) in [5.74, 6) is -3.28. The lowest BCUT2D eigenvalue weighted by Crippen LogP contribution is -2.59. The Hall–Kier alpha value is -3.61. The number of carbonyl (C=O) groups is 3. The first-order chi connectivity index (χ1) is 26.2. The first kappa shape index (κ1) is 41.0. The monoisotopic (exact) mass is 761 g/mol. The molecule has 5 aliphatic rings. The van der Waals surface area contributed by atoms with Gasteiger partial charge in [0.15, 0.2) is 11.9 Å². The van der Waals surface area contributed by atoms with Gasteiger partial charge >= 0.3 is 11.9 Å². The Kier molecular flexibility index (Phi) is 12.9. The molecule has 0 aromatic heterocycles. The molecule has 1 aliphatic carbocycles. The SMILES string of the molecule is CC[C@H](C)[C@H]1O[C@]2(CC[C@@H]1C)C[C@@H]1C[C@@H](C/C=C(\C)[C@@H](O)[C@@H](C)/C=C/C=C3\CO[C@@H]4[C@H](OC(=O)CCC(=O)Nc5ccccc5)C(C)=C[C@@H](C(=O)O1)[C@]34O)O2. The first-order valence-electron chi connectivity index (χ1n) is 20.1. The Balaban J connectivity index is 1.28. The van der Waals surface area contributed by atoms with Crippen LogP contribution in [0.3, 0.4) is 0 Å². The third kappa shape index (κ3) is 9.02. The summed E-state index contributed by atoms with van der Waals surface area (Å²) >= 11 is 0. The first-order valence-corrected chi connectivity index (χ1v) is 20.1. The number of hydrogen-bond acceptors (Lipinski definition) is 10. The summed E-state index contributed by atoms with van der Waals surface area (Å²) in [7, 11) is 0. The quantitative estimate of drug-likeness (QED) is 0.208. The molecule has 12 atom stereocenters. The van der Waals surface area contributed by atoms with E-state index in [0.717, 1.165) is 18.4 Å². The molecule has 0 radical (unpaired) electrons. The van der Waals surface area contributed by atoms with E-state index in [9.17, 15) is 24.6 Å². The molecule has 1 aromatic rings. The van der Waals surface area contributed by atoms with Crippen molar-refractivity contribution in [2.45, 2.75) is 141 Å². The number of nitrogens with one attached hydrogen (secondary N) is 1. The summed E-state index contributed by atoms with van der Waals surface area (Å²) in [5.41, 5.74) is 0.474. The molecule has 4 aliphatic heterocycles. The number of esters is 2. The van der Waals surface area contributed by atoms with Gasteiger partial charge in [-0.05, 0) is 67.4 Å². The van der Waals surface area contributed by atoms with Crippen LogP contribution in [-0.4, -0.2) is 82.7 Å². The number of ether oxygens (including phenoxy) is 5. The molecular formula is C44H59NO10. The lowest BCUT2D eigenvalue weighted by atomic mass is 9.70. The van der Waals surface area contributed by atoms with Crippen molar-refractivity contribution in [1.29, 1.82) is 0 Å². The maximum Gasteiger partial charge on any atom is 0.316 e. The van der Waals surface area contributed by atoms with Gasteiger partial charge in [-0.1, -0.05) is 82.7 Å². The van der Waals surface area contributed by atoms with Gasteiger partial charge in [0.05, 0.1) is 31.3 Å². The number of allylic oxidation sites excluding steroid dienone is 2. The number of amides is 1. The molecule has 11 heteroatoms. The van der Waals surface area contributed by atoms with Crippen molar-refractivity contribution in [2.24, 2.45) is 23.7 Å². The van der Waals surface area contributed by atoms with Crippen LogP contribution in [0.25, 0.3) is 0 Å².